The van der Waals surface area contributed by atoms with E-state index in [1.54, 1.807) is 0 Å². The van der Waals surface area contributed by atoms with Gasteiger partial charge in [-0.25, -0.2) is 0 Å². The Balaban J connectivity index is 3.01. The van der Waals surface area contributed by atoms with E-state index in [1.807, 2.05) is 0 Å². The van der Waals surface area contributed by atoms with Crippen molar-refractivity contribution in [1.29, 1.82) is 0 Å². The number of hydrogen-bond acceptors (Lipinski definition) is 0. The highest BCUT2D eigenvalue weighted by Crippen LogP contribution is 2.06. The summed E-state index contributed by atoms with van der Waals surface area (Å²) >= 11 is 0. The minimum Gasteiger partial charge on any atom is -0.0885 e. The molecule has 0 aliphatic rings. The van der Waals surface area contributed by atoms with Crippen LogP contribution in [-0.4, -0.2) is 0 Å². The van der Waals surface area contributed by atoms with Crippen molar-refractivity contribution in [3.8, 4) is 0 Å². The zero-order valence-corrected chi connectivity index (χ0v) is 7.97. The topological polar surface area (TPSA) is 0 Å². The lowest BCUT2D eigenvalue weighted by molar-refractivity contribution is 0.608. The standard InChI is InChI=1S/C11H21/c1-4-5-6-7-8-9-10-11(2)3/h6-7,11H,2,4-5,8-10H2,1,3H3/b7-6+. The fourth-order valence-corrected chi connectivity index (χ4v) is 0.987. The van der Waals surface area contributed by atoms with Gasteiger partial charge in [0.2, 0.25) is 0 Å². The van der Waals surface area contributed by atoms with Crippen molar-refractivity contribution in [3.63, 3.8) is 0 Å². The van der Waals surface area contributed by atoms with Crippen molar-refractivity contribution in [3.05, 3.63) is 19.1 Å². The van der Waals surface area contributed by atoms with Crippen LogP contribution in [0, 0.1) is 12.8 Å². The average molecular weight is 153 g/mol. The molecule has 0 rings (SSSR count). The van der Waals surface area contributed by atoms with E-state index in [2.05, 4.69) is 32.9 Å². The molecule has 0 bridgehead atoms. The highest BCUT2D eigenvalue weighted by molar-refractivity contribution is 4.80. The monoisotopic (exact) mass is 153 g/mol. The smallest absolute Gasteiger partial charge is 0.0351 e. The normalized spacial score (nSPS) is 11.6. The molecule has 0 saturated carbocycles. The van der Waals surface area contributed by atoms with Crippen molar-refractivity contribution in [1.82, 2.24) is 0 Å². The highest BCUT2D eigenvalue weighted by atomic mass is 14.0. The Labute approximate surface area is 71.7 Å². The van der Waals surface area contributed by atoms with Gasteiger partial charge in [-0.1, -0.05) is 45.8 Å². The molecule has 65 valence electrons. The van der Waals surface area contributed by atoms with Crippen LogP contribution >= 0.6 is 0 Å². The predicted molar refractivity (Wildman–Crippen MR) is 52.4 cm³/mol. The van der Waals surface area contributed by atoms with E-state index in [0.717, 1.165) is 0 Å². The Hall–Kier alpha value is -0.260. The van der Waals surface area contributed by atoms with Crippen LogP contribution in [0.15, 0.2) is 12.2 Å². The largest absolute Gasteiger partial charge is 0.0885 e. The number of allylic oxidation sites excluding steroid dienone is 2. The quantitative estimate of drug-likeness (QED) is 0.400. The van der Waals surface area contributed by atoms with Gasteiger partial charge in [0.05, 0.1) is 0 Å². The van der Waals surface area contributed by atoms with Crippen molar-refractivity contribution in [2.45, 2.75) is 46.0 Å². The summed E-state index contributed by atoms with van der Waals surface area (Å²) in [4.78, 5) is 0. The molecular weight excluding hydrogens is 132 g/mol. The van der Waals surface area contributed by atoms with Crippen LogP contribution < -0.4 is 0 Å². The van der Waals surface area contributed by atoms with Crippen molar-refractivity contribution in [2.24, 2.45) is 5.92 Å². The first kappa shape index (κ1) is 10.7. The summed E-state index contributed by atoms with van der Waals surface area (Å²) < 4.78 is 0. The van der Waals surface area contributed by atoms with E-state index < -0.39 is 0 Å². The molecule has 0 nitrogen and oxygen atoms in total. The van der Waals surface area contributed by atoms with Gasteiger partial charge in [0.25, 0.3) is 0 Å². The molecule has 0 aromatic carbocycles. The van der Waals surface area contributed by atoms with Gasteiger partial charge >= 0.3 is 0 Å². The van der Waals surface area contributed by atoms with Gasteiger partial charge in [-0.05, 0) is 25.2 Å². The summed E-state index contributed by atoms with van der Waals surface area (Å²) in [5, 5.41) is 0. The van der Waals surface area contributed by atoms with Crippen LogP contribution in [0.25, 0.3) is 0 Å². The Kier molecular flexibility index (Phi) is 7.66. The maximum absolute atomic E-state index is 3.95. The second-order valence-corrected chi connectivity index (χ2v) is 3.30. The van der Waals surface area contributed by atoms with Gasteiger partial charge in [-0.3, -0.25) is 0 Å². The first-order valence-electron chi connectivity index (χ1n) is 4.75. The first-order chi connectivity index (χ1) is 5.27. The van der Waals surface area contributed by atoms with E-state index >= 15 is 0 Å². The fraction of sp³-hybridized carbons (Fsp3) is 0.727. The van der Waals surface area contributed by atoms with Crippen molar-refractivity contribution >= 4 is 0 Å². The molecule has 0 N–H and O–H groups in total. The average Bonchev–Trinajstić information content (AvgIpc) is 1.96. The third kappa shape index (κ3) is 9.74. The number of unbranched alkanes of at least 4 members (excludes halogenated alkanes) is 2. The SMILES string of the molecule is [CH2]C(C)CCC/C=C/CCC. The summed E-state index contributed by atoms with van der Waals surface area (Å²) in [6.45, 7) is 8.34. The maximum Gasteiger partial charge on any atom is -0.0351 e. The van der Waals surface area contributed by atoms with Gasteiger partial charge in [0.1, 0.15) is 0 Å². The zero-order chi connectivity index (χ0) is 8.53. The van der Waals surface area contributed by atoms with Crippen LogP contribution in [0.4, 0.5) is 0 Å². The second-order valence-electron chi connectivity index (χ2n) is 3.30. The van der Waals surface area contributed by atoms with Crippen molar-refractivity contribution in [2.75, 3.05) is 0 Å². The molecular formula is C11H21. The minimum atomic E-state index is 0.620. The van der Waals surface area contributed by atoms with E-state index in [4.69, 9.17) is 0 Å². The van der Waals surface area contributed by atoms with Crippen molar-refractivity contribution < 1.29 is 0 Å². The highest BCUT2D eigenvalue weighted by Gasteiger charge is 1.90. The Bertz CT molecular complexity index is 90.2. The predicted octanol–water partition coefficient (Wildman–Crippen LogP) is 3.98. The molecule has 0 fully saturated rings. The number of hydrogen-bond donors (Lipinski definition) is 0. The van der Waals surface area contributed by atoms with Gasteiger partial charge in [0, 0.05) is 0 Å². The van der Waals surface area contributed by atoms with Crippen LogP contribution in [0.5, 0.6) is 0 Å². The van der Waals surface area contributed by atoms with Gasteiger partial charge in [-0.15, -0.1) is 0 Å². The minimum absolute atomic E-state index is 0.620. The molecule has 0 aliphatic carbocycles. The zero-order valence-electron chi connectivity index (χ0n) is 7.97. The first-order valence-corrected chi connectivity index (χ1v) is 4.75. The Morgan fingerprint density at radius 3 is 2.45 bits per heavy atom. The lowest BCUT2D eigenvalue weighted by Crippen LogP contribution is -1.85. The van der Waals surface area contributed by atoms with E-state index in [9.17, 15) is 0 Å². The summed E-state index contributed by atoms with van der Waals surface area (Å²) in [6.07, 6.45) is 10.9. The number of rotatable bonds is 6. The molecule has 0 saturated heterocycles. The van der Waals surface area contributed by atoms with Gasteiger partial charge < -0.3 is 0 Å². The van der Waals surface area contributed by atoms with Crippen LogP contribution in [0.3, 0.4) is 0 Å². The lowest BCUT2D eigenvalue weighted by atomic mass is 10.1. The summed E-state index contributed by atoms with van der Waals surface area (Å²) in [5.74, 6) is 0.620. The lowest BCUT2D eigenvalue weighted by Gasteiger charge is -2.00. The third-order valence-corrected chi connectivity index (χ3v) is 1.69. The molecule has 0 aliphatic heterocycles. The molecule has 1 atom stereocenters. The second kappa shape index (κ2) is 7.84. The molecule has 0 amide bonds. The fourth-order valence-electron chi connectivity index (χ4n) is 0.987. The van der Waals surface area contributed by atoms with E-state index in [1.165, 1.54) is 32.1 Å². The van der Waals surface area contributed by atoms with Crippen LogP contribution in [0.2, 0.25) is 0 Å². The summed E-state index contributed by atoms with van der Waals surface area (Å²) in [5.41, 5.74) is 0. The Morgan fingerprint density at radius 1 is 1.27 bits per heavy atom. The molecule has 1 unspecified atom stereocenters. The maximum atomic E-state index is 3.95. The molecule has 0 aromatic rings. The van der Waals surface area contributed by atoms with Gasteiger partial charge in [-0.2, -0.15) is 0 Å². The molecule has 1 radical (unpaired) electrons. The molecule has 0 heterocycles. The van der Waals surface area contributed by atoms with Gasteiger partial charge in [0.15, 0.2) is 0 Å². The van der Waals surface area contributed by atoms with Crippen LogP contribution in [-0.2, 0) is 0 Å². The molecule has 11 heavy (non-hydrogen) atoms. The van der Waals surface area contributed by atoms with E-state index in [0.29, 0.717) is 5.92 Å². The Morgan fingerprint density at radius 2 is 1.91 bits per heavy atom. The third-order valence-electron chi connectivity index (χ3n) is 1.69. The summed E-state index contributed by atoms with van der Waals surface area (Å²) in [7, 11) is 0. The summed E-state index contributed by atoms with van der Waals surface area (Å²) in [6, 6.07) is 0. The molecule has 0 heteroatoms. The molecule has 0 spiro atoms. The molecule has 0 aromatic heterocycles. The van der Waals surface area contributed by atoms with Crippen LogP contribution in [0.1, 0.15) is 46.0 Å². The van der Waals surface area contributed by atoms with E-state index in [-0.39, 0.29) is 0 Å².